The Kier molecular flexibility index (Phi) is 9.69. The molecule has 5 rings (SSSR count). The molecule has 0 spiro atoms. The number of hydrogen-bond acceptors (Lipinski definition) is 3. The minimum atomic E-state index is -0.758. The molecular weight excluding hydrogens is 581 g/mol. The molecule has 1 heterocycles. The first-order valence-electron chi connectivity index (χ1n) is 14.6. The van der Waals surface area contributed by atoms with Crippen molar-refractivity contribution in [2.45, 2.75) is 45.7 Å². The minimum Gasteiger partial charge on any atom is -0.354 e. The molecular formula is C35H35Cl2N3O3. The first-order chi connectivity index (χ1) is 20.7. The van der Waals surface area contributed by atoms with E-state index in [2.05, 4.69) is 5.32 Å². The number of rotatable bonds is 12. The van der Waals surface area contributed by atoms with Gasteiger partial charge < -0.3 is 15.1 Å². The first kappa shape index (κ1) is 30.6. The Bertz CT molecular complexity index is 1640. The first-order valence-corrected chi connectivity index (χ1v) is 15.4. The van der Waals surface area contributed by atoms with E-state index >= 15 is 0 Å². The number of anilines is 1. The summed E-state index contributed by atoms with van der Waals surface area (Å²) >= 11 is 12.7. The fourth-order valence-corrected chi connectivity index (χ4v) is 6.01. The van der Waals surface area contributed by atoms with Crippen molar-refractivity contribution in [2.24, 2.45) is 5.92 Å². The van der Waals surface area contributed by atoms with Crippen LogP contribution in [0, 0.1) is 5.92 Å². The zero-order chi connectivity index (χ0) is 30.5. The van der Waals surface area contributed by atoms with E-state index in [1.54, 1.807) is 28.0 Å². The smallest absolute Gasteiger partial charge is 0.258 e. The lowest BCUT2D eigenvalue weighted by Crippen LogP contribution is -2.51. The predicted molar refractivity (Wildman–Crippen MR) is 174 cm³/mol. The van der Waals surface area contributed by atoms with Crippen molar-refractivity contribution in [3.63, 3.8) is 0 Å². The van der Waals surface area contributed by atoms with Gasteiger partial charge in [0, 0.05) is 53.5 Å². The van der Waals surface area contributed by atoms with E-state index in [0.717, 1.165) is 22.0 Å². The van der Waals surface area contributed by atoms with Crippen molar-refractivity contribution in [1.29, 1.82) is 0 Å². The van der Waals surface area contributed by atoms with E-state index in [-0.39, 0.29) is 36.6 Å². The van der Waals surface area contributed by atoms with Crippen LogP contribution in [-0.2, 0) is 22.6 Å². The molecule has 0 bridgehead atoms. The van der Waals surface area contributed by atoms with Gasteiger partial charge in [0.25, 0.3) is 5.91 Å². The van der Waals surface area contributed by atoms with Crippen LogP contribution < -0.4 is 10.2 Å². The third kappa shape index (κ3) is 7.03. The average Bonchev–Trinajstić information content (AvgIpc) is 3.27. The Morgan fingerprint density at radius 1 is 0.930 bits per heavy atom. The van der Waals surface area contributed by atoms with Crippen molar-refractivity contribution in [3.8, 4) is 0 Å². The van der Waals surface area contributed by atoms with Gasteiger partial charge in [-0.3, -0.25) is 14.4 Å². The van der Waals surface area contributed by atoms with E-state index in [1.807, 2.05) is 80.6 Å². The highest BCUT2D eigenvalue weighted by Gasteiger charge is 2.32. The van der Waals surface area contributed by atoms with Crippen LogP contribution in [0.3, 0.4) is 0 Å². The summed E-state index contributed by atoms with van der Waals surface area (Å²) in [5, 5.41) is 5.93. The number of nitrogens with one attached hydrogen (secondary N) is 1. The van der Waals surface area contributed by atoms with Crippen LogP contribution >= 0.6 is 23.2 Å². The van der Waals surface area contributed by atoms with Crippen LogP contribution in [-0.4, -0.2) is 41.8 Å². The number of hydrogen-bond donors (Lipinski definition) is 1. The Balaban J connectivity index is 1.39. The van der Waals surface area contributed by atoms with E-state index in [9.17, 15) is 14.4 Å². The van der Waals surface area contributed by atoms with E-state index < -0.39 is 6.04 Å². The second-order valence-electron chi connectivity index (χ2n) is 11.3. The third-order valence-corrected chi connectivity index (χ3v) is 8.32. The van der Waals surface area contributed by atoms with E-state index in [4.69, 9.17) is 23.2 Å². The van der Waals surface area contributed by atoms with Crippen LogP contribution in [0.15, 0.2) is 84.9 Å². The molecule has 0 unspecified atom stereocenters. The van der Waals surface area contributed by atoms with Crippen molar-refractivity contribution in [1.82, 2.24) is 10.2 Å². The maximum absolute atomic E-state index is 14.0. The largest absolute Gasteiger partial charge is 0.354 e. The molecule has 1 N–H and O–H groups in total. The standard InChI is InChI=1S/C35H35Cl2N3O3/c1-23(2)21-38-34(42)31(19-24-9-4-3-5-10-24)40(22-26-16-17-27(36)20-29(26)37)32(41)15-8-18-39-30-14-7-12-25-11-6-13-28(33(25)30)35(39)43/h3-7,9-14,16-17,20,23,31H,8,15,18-19,21-22H2,1-2H3,(H,38,42)/t31-/m0/s1. The Hall–Kier alpha value is -3.87. The molecule has 43 heavy (non-hydrogen) atoms. The number of nitrogens with zero attached hydrogens (tertiary/aromatic N) is 2. The molecule has 0 aromatic heterocycles. The summed E-state index contributed by atoms with van der Waals surface area (Å²) in [6.45, 7) is 5.09. The molecule has 0 saturated heterocycles. The maximum Gasteiger partial charge on any atom is 0.258 e. The number of carbonyl (C=O) groups excluding carboxylic acids is 3. The summed E-state index contributed by atoms with van der Waals surface area (Å²) in [5.74, 6) is -0.205. The van der Waals surface area contributed by atoms with Gasteiger partial charge in [0.1, 0.15) is 6.04 Å². The van der Waals surface area contributed by atoms with Gasteiger partial charge in [-0.25, -0.2) is 0 Å². The van der Waals surface area contributed by atoms with Crippen LogP contribution in [0.25, 0.3) is 10.8 Å². The SMILES string of the molecule is CC(C)CNC(=O)[C@H](Cc1ccccc1)N(Cc1ccc(Cl)cc1Cl)C(=O)CCCN1C(=O)c2cccc3cccc1c23. The van der Waals surface area contributed by atoms with E-state index in [1.165, 1.54) is 0 Å². The molecule has 222 valence electrons. The molecule has 4 aromatic carbocycles. The molecule has 0 radical (unpaired) electrons. The normalized spacial score (nSPS) is 13.0. The van der Waals surface area contributed by atoms with Crippen LogP contribution in [0.4, 0.5) is 5.69 Å². The molecule has 3 amide bonds. The van der Waals surface area contributed by atoms with E-state index in [0.29, 0.717) is 47.1 Å². The average molecular weight is 617 g/mol. The fraction of sp³-hybridized carbons (Fsp3) is 0.286. The molecule has 0 saturated carbocycles. The number of amides is 3. The van der Waals surface area contributed by atoms with Gasteiger partial charge in [-0.1, -0.05) is 97.7 Å². The molecule has 1 aliphatic heterocycles. The third-order valence-electron chi connectivity index (χ3n) is 7.73. The van der Waals surface area contributed by atoms with Crippen LogP contribution in [0.2, 0.25) is 10.0 Å². The Morgan fingerprint density at radius 2 is 1.67 bits per heavy atom. The molecule has 8 heteroatoms. The summed E-state index contributed by atoms with van der Waals surface area (Å²) in [5.41, 5.74) is 3.19. The minimum absolute atomic E-state index is 0.0564. The highest BCUT2D eigenvalue weighted by Crippen LogP contribution is 2.37. The van der Waals surface area contributed by atoms with Gasteiger partial charge in [-0.15, -0.1) is 0 Å². The number of halogens is 2. The summed E-state index contributed by atoms with van der Waals surface area (Å²) in [7, 11) is 0. The van der Waals surface area contributed by atoms with Gasteiger partial charge in [-0.2, -0.15) is 0 Å². The second-order valence-corrected chi connectivity index (χ2v) is 12.2. The summed E-state index contributed by atoms with van der Waals surface area (Å²) in [6, 6.07) is 25.7. The highest BCUT2D eigenvalue weighted by molar-refractivity contribution is 6.35. The van der Waals surface area contributed by atoms with Gasteiger partial charge >= 0.3 is 0 Å². The Morgan fingerprint density at radius 3 is 2.40 bits per heavy atom. The maximum atomic E-state index is 14.0. The summed E-state index contributed by atoms with van der Waals surface area (Å²) < 4.78 is 0. The van der Waals surface area contributed by atoms with Gasteiger partial charge in [-0.05, 0) is 53.1 Å². The second kappa shape index (κ2) is 13.6. The monoisotopic (exact) mass is 615 g/mol. The predicted octanol–water partition coefficient (Wildman–Crippen LogP) is 7.30. The van der Waals surface area contributed by atoms with Crippen molar-refractivity contribution in [2.75, 3.05) is 18.0 Å². The molecule has 0 fully saturated rings. The van der Waals surface area contributed by atoms with Gasteiger partial charge in [0.15, 0.2) is 0 Å². The molecule has 0 aliphatic carbocycles. The number of benzene rings is 4. The summed E-state index contributed by atoms with van der Waals surface area (Å²) in [6.07, 6.45) is 0.944. The lowest BCUT2D eigenvalue weighted by atomic mass is 10.0. The fourth-order valence-electron chi connectivity index (χ4n) is 5.54. The van der Waals surface area contributed by atoms with Crippen molar-refractivity contribution in [3.05, 3.63) is 112 Å². The van der Waals surface area contributed by atoms with Crippen molar-refractivity contribution >= 4 is 57.4 Å². The highest BCUT2D eigenvalue weighted by atomic mass is 35.5. The molecule has 1 atom stereocenters. The lowest BCUT2D eigenvalue weighted by molar-refractivity contribution is -0.141. The van der Waals surface area contributed by atoms with Gasteiger partial charge in [0.05, 0.1) is 5.69 Å². The van der Waals surface area contributed by atoms with Gasteiger partial charge in [0.2, 0.25) is 11.8 Å². The Labute approximate surface area is 262 Å². The van der Waals surface area contributed by atoms with Crippen LogP contribution in [0.1, 0.15) is 48.2 Å². The lowest BCUT2D eigenvalue weighted by Gasteiger charge is -2.32. The molecule has 4 aromatic rings. The molecule has 1 aliphatic rings. The quantitative estimate of drug-likeness (QED) is 0.182. The van der Waals surface area contributed by atoms with Crippen molar-refractivity contribution < 1.29 is 14.4 Å². The molecule has 6 nitrogen and oxygen atoms in total. The van der Waals surface area contributed by atoms with Crippen LogP contribution in [0.5, 0.6) is 0 Å². The zero-order valence-electron chi connectivity index (χ0n) is 24.4. The number of carbonyl (C=O) groups is 3. The summed E-state index contributed by atoms with van der Waals surface area (Å²) in [4.78, 5) is 44.4. The zero-order valence-corrected chi connectivity index (χ0v) is 25.9. The topological polar surface area (TPSA) is 69.7 Å².